The van der Waals surface area contributed by atoms with Crippen molar-refractivity contribution in [2.75, 3.05) is 0 Å². The second-order valence-corrected chi connectivity index (χ2v) is 2.86. The third kappa shape index (κ3) is 0.820. The van der Waals surface area contributed by atoms with Gasteiger partial charge in [-0.05, 0) is 18.8 Å². The SMILES string of the molecule is CC1CCC1(O)C(F)(F)F. The third-order valence-corrected chi connectivity index (χ3v) is 2.26. The van der Waals surface area contributed by atoms with Crippen LogP contribution in [0.5, 0.6) is 0 Å². The van der Waals surface area contributed by atoms with Crippen LogP contribution in [0.2, 0.25) is 0 Å². The van der Waals surface area contributed by atoms with E-state index in [-0.39, 0.29) is 6.42 Å². The van der Waals surface area contributed by atoms with Gasteiger partial charge in [-0.3, -0.25) is 0 Å². The van der Waals surface area contributed by atoms with E-state index in [0.717, 1.165) is 0 Å². The summed E-state index contributed by atoms with van der Waals surface area (Å²) >= 11 is 0. The lowest BCUT2D eigenvalue weighted by Crippen LogP contribution is -2.56. The highest BCUT2D eigenvalue weighted by Crippen LogP contribution is 2.48. The molecule has 1 N–H and O–H groups in total. The average molecular weight is 154 g/mol. The zero-order valence-corrected chi connectivity index (χ0v) is 5.57. The Kier molecular flexibility index (Phi) is 1.47. The van der Waals surface area contributed by atoms with Gasteiger partial charge >= 0.3 is 6.18 Å². The molecule has 0 aromatic rings. The van der Waals surface area contributed by atoms with Gasteiger partial charge in [0.05, 0.1) is 0 Å². The molecule has 1 nitrogen and oxygen atoms in total. The summed E-state index contributed by atoms with van der Waals surface area (Å²) in [6.45, 7) is 1.41. The van der Waals surface area contributed by atoms with E-state index < -0.39 is 17.7 Å². The Hall–Kier alpha value is -0.250. The number of alkyl halides is 3. The summed E-state index contributed by atoms with van der Waals surface area (Å²) in [6.07, 6.45) is -4.11. The van der Waals surface area contributed by atoms with E-state index in [0.29, 0.717) is 6.42 Å². The van der Waals surface area contributed by atoms with Gasteiger partial charge in [-0.2, -0.15) is 13.2 Å². The fourth-order valence-electron chi connectivity index (χ4n) is 1.13. The van der Waals surface area contributed by atoms with Crippen LogP contribution in [0.15, 0.2) is 0 Å². The van der Waals surface area contributed by atoms with Crippen molar-refractivity contribution >= 4 is 0 Å². The molecule has 0 amide bonds. The summed E-state index contributed by atoms with van der Waals surface area (Å²) in [7, 11) is 0. The van der Waals surface area contributed by atoms with Crippen molar-refractivity contribution in [3.8, 4) is 0 Å². The number of aliphatic hydroxyl groups is 1. The van der Waals surface area contributed by atoms with Crippen LogP contribution in [0.4, 0.5) is 13.2 Å². The highest BCUT2D eigenvalue weighted by molar-refractivity contribution is 4.99. The van der Waals surface area contributed by atoms with E-state index in [9.17, 15) is 13.2 Å². The maximum Gasteiger partial charge on any atom is 0.417 e. The van der Waals surface area contributed by atoms with E-state index >= 15 is 0 Å². The lowest BCUT2D eigenvalue weighted by atomic mass is 9.70. The van der Waals surface area contributed by atoms with Crippen molar-refractivity contribution in [1.82, 2.24) is 0 Å². The first-order chi connectivity index (χ1) is 4.38. The number of hydrogen-bond acceptors (Lipinski definition) is 1. The van der Waals surface area contributed by atoms with Crippen LogP contribution < -0.4 is 0 Å². The van der Waals surface area contributed by atoms with Crippen LogP contribution in [0.3, 0.4) is 0 Å². The molecule has 0 saturated heterocycles. The second-order valence-electron chi connectivity index (χ2n) is 2.86. The fourth-order valence-corrected chi connectivity index (χ4v) is 1.13. The van der Waals surface area contributed by atoms with Crippen LogP contribution in [0.25, 0.3) is 0 Å². The number of rotatable bonds is 0. The Morgan fingerprint density at radius 3 is 2.00 bits per heavy atom. The molecule has 1 saturated carbocycles. The van der Waals surface area contributed by atoms with E-state index in [4.69, 9.17) is 5.11 Å². The first-order valence-electron chi connectivity index (χ1n) is 3.17. The van der Waals surface area contributed by atoms with Gasteiger partial charge in [0.2, 0.25) is 0 Å². The molecule has 1 aliphatic rings. The van der Waals surface area contributed by atoms with Gasteiger partial charge < -0.3 is 5.11 Å². The summed E-state index contributed by atoms with van der Waals surface area (Å²) in [5, 5.41) is 8.89. The van der Waals surface area contributed by atoms with Crippen molar-refractivity contribution in [3.63, 3.8) is 0 Å². The maximum absolute atomic E-state index is 11.9. The van der Waals surface area contributed by atoms with Crippen LogP contribution in [0, 0.1) is 5.92 Å². The number of hydrogen-bond donors (Lipinski definition) is 1. The molecule has 0 spiro atoms. The van der Waals surface area contributed by atoms with E-state index in [1.165, 1.54) is 6.92 Å². The molecule has 0 heterocycles. The standard InChI is InChI=1S/C6H9F3O/c1-4-2-3-5(4,10)6(7,8)9/h4,10H,2-3H2,1H3. The van der Waals surface area contributed by atoms with Crippen molar-refractivity contribution in [2.45, 2.75) is 31.5 Å². The van der Waals surface area contributed by atoms with E-state index in [2.05, 4.69) is 0 Å². The molecule has 0 aromatic heterocycles. The maximum atomic E-state index is 11.9. The molecule has 10 heavy (non-hydrogen) atoms. The molecule has 0 bridgehead atoms. The Morgan fingerprint density at radius 2 is 2.00 bits per heavy atom. The van der Waals surface area contributed by atoms with Gasteiger partial charge in [-0.1, -0.05) is 6.92 Å². The van der Waals surface area contributed by atoms with Crippen LogP contribution in [-0.4, -0.2) is 16.9 Å². The van der Waals surface area contributed by atoms with Gasteiger partial charge in [0.1, 0.15) is 0 Å². The topological polar surface area (TPSA) is 20.2 Å². The minimum absolute atomic E-state index is 0.141. The van der Waals surface area contributed by atoms with Crippen LogP contribution in [-0.2, 0) is 0 Å². The van der Waals surface area contributed by atoms with Crippen LogP contribution >= 0.6 is 0 Å². The predicted molar refractivity (Wildman–Crippen MR) is 29.4 cm³/mol. The molecule has 0 aliphatic heterocycles. The lowest BCUT2D eigenvalue weighted by Gasteiger charge is -2.44. The third-order valence-electron chi connectivity index (χ3n) is 2.26. The monoisotopic (exact) mass is 154 g/mol. The zero-order chi connectivity index (χ0) is 7.99. The van der Waals surface area contributed by atoms with Crippen molar-refractivity contribution < 1.29 is 18.3 Å². The summed E-state index contributed by atoms with van der Waals surface area (Å²) in [6, 6.07) is 0. The predicted octanol–water partition coefficient (Wildman–Crippen LogP) is 1.71. The molecule has 4 heteroatoms. The molecule has 1 fully saturated rings. The zero-order valence-electron chi connectivity index (χ0n) is 5.57. The van der Waals surface area contributed by atoms with Crippen LogP contribution in [0.1, 0.15) is 19.8 Å². The number of halogens is 3. The smallest absolute Gasteiger partial charge is 0.380 e. The van der Waals surface area contributed by atoms with Gasteiger partial charge in [-0.25, -0.2) is 0 Å². The first kappa shape index (κ1) is 7.85. The van der Waals surface area contributed by atoms with Gasteiger partial charge in [0, 0.05) is 0 Å². The molecule has 0 radical (unpaired) electrons. The first-order valence-corrected chi connectivity index (χ1v) is 3.17. The highest BCUT2D eigenvalue weighted by Gasteiger charge is 2.61. The van der Waals surface area contributed by atoms with Gasteiger partial charge in [-0.15, -0.1) is 0 Å². The molecule has 1 aliphatic carbocycles. The van der Waals surface area contributed by atoms with Crippen molar-refractivity contribution in [3.05, 3.63) is 0 Å². The molecule has 2 unspecified atom stereocenters. The summed E-state index contributed by atoms with van der Waals surface area (Å²) in [4.78, 5) is 0. The molecule has 1 rings (SSSR count). The minimum Gasteiger partial charge on any atom is -0.380 e. The van der Waals surface area contributed by atoms with E-state index in [1.807, 2.05) is 0 Å². The Morgan fingerprint density at radius 1 is 1.50 bits per heavy atom. The Bertz CT molecular complexity index is 142. The molecular weight excluding hydrogens is 145 g/mol. The molecular formula is C6H9F3O. The molecule has 60 valence electrons. The highest BCUT2D eigenvalue weighted by atomic mass is 19.4. The van der Waals surface area contributed by atoms with Crippen molar-refractivity contribution in [2.24, 2.45) is 5.92 Å². The summed E-state index contributed by atoms with van der Waals surface area (Å²) < 4.78 is 35.7. The Balaban J connectivity index is 2.70. The normalized spacial score (nSPS) is 41.1. The second kappa shape index (κ2) is 1.87. The quantitative estimate of drug-likeness (QED) is 0.563. The van der Waals surface area contributed by atoms with E-state index in [1.54, 1.807) is 0 Å². The summed E-state index contributed by atoms with van der Waals surface area (Å²) in [5.74, 6) is -0.632. The Labute approximate surface area is 56.8 Å². The molecule has 0 aromatic carbocycles. The summed E-state index contributed by atoms with van der Waals surface area (Å²) in [5.41, 5.74) is -2.38. The largest absolute Gasteiger partial charge is 0.417 e. The average Bonchev–Trinajstić information content (AvgIpc) is 1.80. The van der Waals surface area contributed by atoms with Crippen molar-refractivity contribution in [1.29, 1.82) is 0 Å². The lowest BCUT2D eigenvalue weighted by molar-refractivity contribution is -0.307. The molecule has 2 atom stereocenters. The van der Waals surface area contributed by atoms with Gasteiger partial charge in [0.15, 0.2) is 5.60 Å². The fraction of sp³-hybridized carbons (Fsp3) is 1.00. The van der Waals surface area contributed by atoms with Gasteiger partial charge in [0.25, 0.3) is 0 Å². The minimum atomic E-state index is -4.44.